The molecule has 0 unspecified atom stereocenters. The van der Waals surface area contributed by atoms with E-state index in [2.05, 4.69) is 10.3 Å². The maximum absolute atomic E-state index is 12.0. The van der Waals surface area contributed by atoms with Crippen LogP contribution in [0.15, 0.2) is 28.8 Å². The second-order valence-electron chi connectivity index (χ2n) is 3.95. The lowest BCUT2D eigenvalue weighted by atomic mass is 10.2. The van der Waals surface area contributed by atoms with E-state index >= 15 is 0 Å². The number of halogens is 1. The van der Waals surface area contributed by atoms with Gasteiger partial charge in [0.2, 0.25) is 0 Å². The molecule has 0 fully saturated rings. The lowest BCUT2D eigenvalue weighted by Crippen LogP contribution is -2.12. The molecule has 0 aromatic carbocycles. The van der Waals surface area contributed by atoms with Gasteiger partial charge in [0, 0.05) is 11.8 Å². The minimum atomic E-state index is -0.323. The first-order chi connectivity index (χ1) is 8.61. The van der Waals surface area contributed by atoms with Crippen LogP contribution in [0.4, 0.5) is 5.82 Å². The molecule has 0 saturated heterocycles. The van der Waals surface area contributed by atoms with Crippen LogP contribution in [-0.2, 0) is 5.88 Å². The van der Waals surface area contributed by atoms with Gasteiger partial charge in [0.25, 0.3) is 5.91 Å². The minimum absolute atomic E-state index is 0.244. The van der Waals surface area contributed by atoms with Gasteiger partial charge in [-0.25, -0.2) is 4.98 Å². The summed E-state index contributed by atoms with van der Waals surface area (Å²) < 4.78 is 5.36. The van der Waals surface area contributed by atoms with E-state index in [4.69, 9.17) is 16.0 Å². The summed E-state index contributed by atoms with van der Waals surface area (Å²) in [7, 11) is 0. The lowest BCUT2D eigenvalue weighted by Gasteiger charge is -2.04. The lowest BCUT2D eigenvalue weighted by molar-refractivity contribution is 0.0995. The molecule has 2 aromatic heterocycles. The van der Waals surface area contributed by atoms with E-state index in [1.54, 1.807) is 19.2 Å². The zero-order valence-electron chi connectivity index (χ0n) is 10.2. The van der Waals surface area contributed by atoms with Crippen molar-refractivity contribution in [2.75, 3.05) is 5.32 Å². The molecule has 1 N–H and O–H groups in total. The minimum Gasteiger partial charge on any atom is -0.456 e. The molecule has 4 nitrogen and oxygen atoms in total. The van der Waals surface area contributed by atoms with Crippen LogP contribution in [0.2, 0.25) is 0 Å². The summed E-state index contributed by atoms with van der Waals surface area (Å²) in [5.74, 6) is 1.44. The molecule has 0 aliphatic heterocycles. The van der Waals surface area contributed by atoms with Crippen LogP contribution in [0.1, 0.15) is 27.4 Å². The van der Waals surface area contributed by atoms with E-state index in [9.17, 15) is 4.79 Å². The number of aryl methyl sites for hydroxylation is 2. The van der Waals surface area contributed by atoms with E-state index in [0.29, 0.717) is 17.5 Å². The first-order valence-electron chi connectivity index (χ1n) is 5.50. The second kappa shape index (κ2) is 5.23. The Balaban J connectivity index is 2.19. The average molecular weight is 265 g/mol. The first kappa shape index (κ1) is 12.6. The molecule has 2 rings (SSSR count). The van der Waals surface area contributed by atoms with E-state index in [-0.39, 0.29) is 11.7 Å². The van der Waals surface area contributed by atoms with Crippen molar-refractivity contribution in [3.05, 3.63) is 47.0 Å². The number of hydrogen-bond donors (Lipinski definition) is 1. The number of rotatable bonds is 3. The molecular formula is C13H13ClN2O2. The third kappa shape index (κ3) is 2.54. The fourth-order valence-corrected chi connectivity index (χ4v) is 1.82. The molecular weight excluding hydrogens is 252 g/mol. The summed E-state index contributed by atoms with van der Waals surface area (Å²) in [6.07, 6.45) is 1.63. The van der Waals surface area contributed by atoms with Gasteiger partial charge in [-0.2, -0.15) is 0 Å². The third-order valence-electron chi connectivity index (χ3n) is 2.63. The Hall–Kier alpha value is -1.81. The van der Waals surface area contributed by atoms with Crippen LogP contribution in [0.25, 0.3) is 0 Å². The van der Waals surface area contributed by atoms with Crippen LogP contribution in [0.5, 0.6) is 0 Å². The van der Waals surface area contributed by atoms with Gasteiger partial charge >= 0.3 is 0 Å². The van der Waals surface area contributed by atoms with E-state index < -0.39 is 0 Å². The zero-order chi connectivity index (χ0) is 13.1. The van der Waals surface area contributed by atoms with Crippen molar-refractivity contribution in [1.29, 1.82) is 0 Å². The molecule has 0 aliphatic rings. The van der Waals surface area contributed by atoms with Gasteiger partial charge in [0.1, 0.15) is 11.6 Å². The van der Waals surface area contributed by atoms with Crippen LogP contribution in [-0.4, -0.2) is 10.9 Å². The third-order valence-corrected chi connectivity index (χ3v) is 2.92. The number of hydrogen-bond acceptors (Lipinski definition) is 3. The Kier molecular flexibility index (Phi) is 3.67. The number of pyridine rings is 1. The maximum Gasteiger partial charge on any atom is 0.292 e. The molecule has 0 atom stereocenters. The number of carbonyl (C=O) groups is 1. The molecule has 1 amide bonds. The molecule has 0 aliphatic carbocycles. The SMILES string of the molecule is Cc1cccnc1NC(=O)c1cc(CCl)c(C)o1. The van der Waals surface area contributed by atoms with E-state index in [0.717, 1.165) is 11.1 Å². The molecule has 94 valence electrons. The summed E-state index contributed by atoms with van der Waals surface area (Å²) in [4.78, 5) is 16.1. The summed E-state index contributed by atoms with van der Waals surface area (Å²) >= 11 is 5.73. The van der Waals surface area contributed by atoms with Crippen LogP contribution in [0.3, 0.4) is 0 Å². The number of anilines is 1. The summed E-state index contributed by atoms with van der Waals surface area (Å²) in [5, 5.41) is 2.70. The van der Waals surface area contributed by atoms with Crippen molar-refractivity contribution in [3.8, 4) is 0 Å². The standard InChI is InChI=1S/C13H13ClN2O2/c1-8-4-3-5-15-12(8)16-13(17)11-6-10(7-14)9(2)18-11/h3-6H,7H2,1-2H3,(H,15,16,17). The van der Waals surface area contributed by atoms with Crippen LogP contribution in [0, 0.1) is 13.8 Å². The van der Waals surface area contributed by atoms with Gasteiger partial charge in [-0.05, 0) is 31.5 Å². The van der Waals surface area contributed by atoms with E-state index in [1.807, 2.05) is 19.1 Å². The molecule has 5 heteroatoms. The number of nitrogens with zero attached hydrogens (tertiary/aromatic N) is 1. The molecule has 2 heterocycles. The molecule has 0 bridgehead atoms. The normalized spacial score (nSPS) is 10.4. The molecule has 18 heavy (non-hydrogen) atoms. The number of nitrogens with one attached hydrogen (secondary N) is 1. The van der Waals surface area contributed by atoms with Gasteiger partial charge in [-0.15, -0.1) is 11.6 Å². The summed E-state index contributed by atoms with van der Waals surface area (Å²) in [6.45, 7) is 3.65. The fraction of sp³-hybridized carbons (Fsp3) is 0.231. The quantitative estimate of drug-likeness (QED) is 0.866. The van der Waals surface area contributed by atoms with Crippen molar-refractivity contribution in [2.24, 2.45) is 0 Å². The Morgan fingerprint density at radius 1 is 1.50 bits per heavy atom. The highest BCUT2D eigenvalue weighted by molar-refractivity contribution is 6.17. The van der Waals surface area contributed by atoms with Gasteiger partial charge in [-0.1, -0.05) is 6.07 Å². The van der Waals surface area contributed by atoms with E-state index in [1.165, 1.54) is 0 Å². The summed E-state index contributed by atoms with van der Waals surface area (Å²) in [6, 6.07) is 5.34. The zero-order valence-corrected chi connectivity index (χ0v) is 10.9. The van der Waals surface area contributed by atoms with Gasteiger partial charge < -0.3 is 9.73 Å². The number of alkyl halides is 1. The van der Waals surface area contributed by atoms with Crippen molar-refractivity contribution in [1.82, 2.24) is 4.98 Å². The van der Waals surface area contributed by atoms with Gasteiger partial charge in [-0.3, -0.25) is 4.79 Å². The summed E-state index contributed by atoms with van der Waals surface area (Å²) in [5.41, 5.74) is 1.71. The second-order valence-corrected chi connectivity index (χ2v) is 4.22. The number of aromatic nitrogens is 1. The molecule has 2 aromatic rings. The van der Waals surface area contributed by atoms with Crippen molar-refractivity contribution in [3.63, 3.8) is 0 Å². The maximum atomic E-state index is 12.0. The predicted octanol–water partition coefficient (Wildman–Crippen LogP) is 3.28. The van der Waals surface area contributed by atoms with Crippen LogP contribution < -0.4 is 5.32 Å². The highest BCUT2D eigenvalue weighted by Crippen LogP contribution is 2.18. The highest BCUT2D eigenvalue weighted by atomic mass is 35.5. The highest BCUT2D eigenvalue weighted by Gasteiger charge is 2.15. The number of amides is 1. The Labute approximate surface area is 110 Å². The van der Waals surface area contributed by atoms with Gasteiger partial charge in [0.05, 0.1) is 5.88 Å². The Bertz CT molecular complexity index is 578. The smallest absolute Gasteiger partial charge is 0.292 e. The average Bonchev–Trinajstić information content (AvgIpc) is 2.73. The first-order valence-corrected chi connectivity index (χ1v) is 6.03. The van der Waals surface area contributed by atoms with Gasteiger partial charge in [0.15, 0.2) is 5.76 Å². The topological polar surface area (TPSA) is 55.1 Å². The number of carbonyl (C=O) groups excluding carboxylic acids is 1. The molecule has 0 spiro atoms. The monoisotopic (exact) mass is 264 g/mol. The van der Waals surface area contributed by atoms with Crippen LogP contribution >= 0.6 is 11.6 Å². The molecule has 0 radical (unpaired) electrons. The predicted molar refractivity (Wildman–Crippen MR) is 69.9 cm³/mol. The Morgan fingerprint density at radius 3 is 2.89 bits per heavy atom. The van der Waals surface area contributed by atoms with Crippen molar-refractivity contribution < 1.29 is 9.21 Å². The van der Waals surface area contributed by atoms with Crippen molar-refractivity contribution in [2.45, 2.75) is 19.7 Å². The molecule has 0 saturated carbocycles. The number of furan rings is 1. The Morgan fingerprint density at radius 2 is 2.28 bits per heavy atom. The fourth-order valence-electron chi connectivity index (χ4n) is 1.55. The largest absolute Gasteiger partial charge is 0.456 e. The van der Waals surface area contributed by atoms with Crippen molar-refractivity contribution >= 4 is 23.3 Å².